The molecular weight excluding hydrogens is 380 g/mol. The molecule has 0 bridgehead atoms. The number of hydrazone groups is 1. The maximum absolute atomic E-state index is 12.6. The standard InChI is InChI=1S/C23H26N4O3/c1-2-18(25-26-19-14-8-10-15-9-6-7-13-17(15)19)20-21(28)24-23(30)27(22(20)29)16-11-4-3-5-12-16/h6-10,13-14,16,26,29H,2-5,11-12H2,1H3,(H,24,28,30)/b25-18+. The van der Waals surface area contributed by atoms with Gasteiger partial charge in [0.15, 0.2) is 0 Å². The molecule has 1 aromatic heterocycles. The zero-order valence-electron chi connectivity index (χ0n) is 17.0. The lowest BCUT2D eigenvalue weighted by Crippen LogP contribution is -2.36. The quantitative estimate of drug-likeness (QED) is 0.438. The van der Waals surface area contributed by atoms with Crippen molar-refractivity contribution in [3.63, 3.8) is 0 Å². The van der Waals surface area contributed by atoms with Crippen molar-refractivity contribution in [3.05, 3.63) is 68.9 Å². The Morgan fingerprint density at radius 3 is 2.63 bits per heavy atom. The number of aromatic hydroxyl groups is 1. The molecule has 156 valence electrons. The van der Waals surface area contributed by atoms with Gasteiger partial charge in [-0.1, -0.05) is 62.6 Å². The van der Waals surface area contributed by atoms with Gasteiger partial charge in [0.25, 0.3) is 5.56 Å². The molecular formula is C23H26N4O3. The molecule has 0 spiro atoms. The summed E-state index contributed by atoms with van der Waals surface area (Å²) in [5, 5.41) is 17.4. The van der Waals surface area contributed by atoms with Crippen LogP contribution in [0, 0.1) is 0 Å². The Bertz CT molecular complexity index is 1200. The number of H-pyrrole nitrogens is 1. The van der Waals surface area contributed by atoms with Gasteiger partial charge in [0.05, 0.1) is 11.4 Å². The molecule has 4 rings (SSSR count). The molecule has 1 aliphatic rings. The molecule has 0 atom stereocenters. The molecule has 3 aromatic rings. The Balaban J connectivity index is 1.75. The summed E-state index contributed by atoms with van der Waals surface area (Å²) in [6, 6.07) is 13.7. The van der Waals surface area contributed by atoms with Crippen LogP contribution in [0.5, 0.6) is 5.88 Å². The number of anilines is 1. The molecule has 0 saturated heterocycles. The van der Waals surface area contributed by atoms with Crippen molar-refractivity contribution in [2.24, 2.45) is 5.10 Å². The van der Waals surface area contributed by atoms with E-state index in [2.05, 4.69) is 15.5 Å². The molecule has 0 amide bonds. The lowest BCUT2D eigenvalue weighted by Gasteiger charge is -2.25. The van der Waals surface area contributed by atoms with Crippen LogP contribution in [0.3, 0.4) is 0 Å². The van der Waals surface area contributed by atoms with Crippen molar-refractivity contribution in [1.82, 2.24) is 9.55 Å². The van der Waals surface area contributed by atoms with Crippen molar-refractivity contribution < 1.29 is 5.11 Å². The number of hydrogen-bond donors (Lipinski definition) is 3. The van der Waals surface area contributed by atoms with E-state index in [4.69, 9.17) is 0 Å². The van der Waals surface area contributed by atoms with E-state index in [-0.39, 0.29) is 17.5 Å². The predicted octanol–water partition coefficient (Wildman–Crippen LogP) is 4.13. The van der Waals surface area contributed by atoms with Gasteiger partial charge in [0.1, 0.15) is 5.56 Å². The second-order valence-corrected chi connectivity index (χ2v) is 7.67. The summed E-state index contributed by atoms with van der Waals surface area (Å²) in [7, 11) is 0. The molecule has 3 N–H and O–H groups in total. The van der Waals surface area contributed by atoms with Gasteiger partial charge in [-0.2, -0.15) is 5.10 Å². The number of benzene rings is 2. The first-order valence-corrected chi connectivity index (χ1v) is 10.5. The van der Waals surface area contributed by atoms with Crippen LogP contribution in [0.15, 0.2) is 57.2 Å². The topological polar surface area (TPSA) is 99.5 Å². The molecule has 0 unspecified atom stereocenters. The Morgan fingerprint density at radius 1 is 1.13 bits per heavy atom. The van der Waals surface area contributed by atoms with Crippen molar-refractivity contribution in [2.45, 2.75) is 51.5 Å². The van der Waals surface area contributed by atoms with E-state index in [0.29, 0.717) is 12.1 Å². The highest BCUT2D eigenvalue weighted by molar-refractivity contribution is 6.03. The molecule has 2 aromatic carbocycles. The number of fused-ring (bicyclic) bond motifs is 1. The molecule has 0 aliphatic heterocycles. The highest BCUT2D eigenvalue weighted by atomic mass is 16.3. The molecule has 1 aliphatic carbocycles. The van der Waals surface area contributed by atoms with Crippen LogP contribution in [-0.4, -0.2) is 20.4 Å². The minimum Gasteiger partial charge on any atom is -0.494 e. The summed E-state index contributed by atoms with van der Waals surface area (Å²) in [6.07, 6.45) is 5.17. The van der Waals surface area contributed by atoms with Gasteiger partial charge < -0.3 is 5.11 Å². The van der Waals surface area contributed by atoms with Crippen LogP contribution in [-0.2, 0) is 0 Å². The van der Waals surface area contributed by atoms with Gasteiger partial charge >= 0.3 is 5.69 Å². The molecule has 1 fully saturated rings. The van der Waals surface area contributed by atoms with Crippen LogP contribution in [0.25, 0.3) is 10.8 Å². The molecule has 30 heavy (non-hydrogen) atoms. The zero-order chi connectivity index (χ0) is 21.1. The van der Waals surface area contributed by atoms with Crippen molar-refractivity contribution >= 4 is 22.2 Å². The van der Waals surface area contributed by atoms with Gasteiger partial charge in [0, 0.05) is 11.4 Å². The van der Waals surface area contributed by atoms with E-state index in [1.165, 1.54) is 4.57 Å². The van der Waals surface area contributed by atoms with Crippen molar-refractivity contribution in [1.29, 1.82) is 0 Å². The van der Waals surface area contributed by atoms with Crippen LogP contribution in [0.1, 0.15) is 57.1 Å². The largest absolute Gasteiger partial charge is 0.494 e. The first-order chi connectivity index (χ1) is 14.6. The van der Waals surface area contributed by atoms with E-state index in [1.54, 1.807) is 0 Å². The maximum atomic E-state index is 12.6. The third-order valence-electron chi connectivity index (χ3n) is 5.78. The SMILES string of the molecule is CC/C(=N\Nc1cccc2ccccc12)c1c(O)n(C2CCCCC2)c(=O)[nH]c1=O. The minimum absolute atomic E-state index is 0.0513. The zero-order valence-corrected chi connectivity index (χ0v) is 17.0. The van der Waals surface area contributed by atoms with Gasteiger partial charge in [-0.3, -0.25) is 19.8 Å². The van der Waals surface area contributed by atoms with E-state index in [9.17, 15) is 14.7 Å². The Kier molecular flexibility index (Phi) is 5.70. The summed E-state index contributed by atoms with van der Waals surface area (Å²) in [6.45, 7) is 1.86. The average Bonchev–Trinajstić information content (AvgIpc) is 2.76. The lowest BCUT2D eigenvalue weighted by molar-refractivity contribution is 0.298. The summed E-state index contributed by atoms with van der Waals surface area (Å²) in [4.78, 5) is 27.4. The van der Waals surface area contributed by atoms with Crippen LogP contribution < -0.4 is 16.7 Å². The number of nitrogens with zero attached hydrogens (tertiary/aromatic N) is 2. The highest BCUT2D eigenvalue weighted by Crippen LogP contribution is 2.30. The normalized spacial score (nSPS) is 15.4. The number of rotatable bonds is 5. The third-order valence-corrected chi connectivity index (χ3v) is 5.78. The number of nitrogens with one attached hydrogen (secondary N) is 2. The second-order valence-electron chi connectivity index (χ2n) is 7.67. The highest BCUT2D eigenvalue weighted by Gasteiger charge is 2.24. The Hall–Kier alpha value is -3.35. The molecule has 1 heterocycles. The number of aromatic nitrogens is 2. The van der Waals surface area contributed by atoms with Gasteiger partial charge in [-0.15, -0.1) is 0 Å². The summed E-state index contributed by atoms with van der Waals surface area (Å²) in [5.41, 5.74) is 3.10. The van der Waals surface area contributed by atoms with Crippen molar-refractivity contribution in [2.75, 3.05) is 5.43 Å². The molecule has 7 nitrogen and oxygen atoms in total. The number of hydrogen-bond acceptors (Lipinski definition) is 5. The van der Waals surface area contributed by atoms with Crippen LogP contribution >= 0.6 is 0 Å². The van der Waals surface area contributed by atoms with E-state index < -0.39 is 11.2 Å². The minimum atomic E-state index is -0.620. The Morgan fingerprint density at radius 2 is 1.87 bits per heavy atom. The Labute approximate surface area is 174 Å². The fraction of sp³-hybridized carbons (Fsp3) is 0.348. The molecule has 7 heteroatoms. The number of aromatic amines is 1. The smallest absolute Gasteiger partial charge is 0.331 e. The van der Waals surface area contributed by atoms with Gasteiger partial charge in [-0.25, -0.2) is 4.79 Å². The first kappa shape index (κ1) is 19.9. The summed E-state index contributed by atoms with van der Waals surface area (Å²) >= 11 is 0. The van der Waals surface area contributed by atoms with Gasteiger partial charge in [0.2, 0.25) is 5.88 Å². The fourth-order valence-corrected chi connectivity index (χ4v) is 4.24. The third kappa shape index (κ3) is 3.75. The van der Waals surface area contributed by atoms with Crippen LogP contribution in [0.2, 0.25) is 0 Å². The summed E-state index contributed by atoms with van der Waals surface area (Å²) < 4.78 is 1.33. The van der Waals surface area contributed by atoms with Crippen LogP contribution in [0.4, 0.5) is 5.69 Å². The van der Waals surface area contributed by atoms with E-state index >= 15 is 0 Å². The summed E-state index contributed by atoms with van der Waals surface area (Å²) in [5.74, 6) is -0.295. The molecule has 1 saturated carbocycles. The van der Waals surface area contributed by atoms with Gasteiger partial charge in [-0.05, 0) is 30.7 Å². The maximum Gasteiger partial charge on any atom is 0.331 e. The fourth-order valence-electron chi connectivity index (χ4n) is 4.24. The first-order valence-electron chi connectivity index (χ1n) is 10.5. The monoisotopic (exact) mass is 406 g/mol. The molecule has 0 radical (unpaired) electrons. The van der Waals surface area contributed by atoms with E-state index in [1.807, 2.05) is 49.4 Å². The second kappa shape index (κ2) is 8.57. The predicted molar refractivity (Wildman–Crippen MR) is 120 cm³/mol. The van der Waals surface area contributed by atoms with Crippen molar-refractivity contribution in [3.8, 4) is 5.88 Å². The average molecular weight is 406 g/mol. The lowest BCUT2D eigenvalue weighted by atomic mass is 9.95. The van der Waals surface area contributed by atoms with E-state index in [0.717, 1.165) is 48.6 Å².